The van der Waals surface area contributed by atoms with Crippen LogP contribution in [0.3, 0.4) is 0 Å². The molecule has 1 aliphatic rings. The average molecular weight is 590 g/mol. The third-order valence-electron chi connectivity index (χ3n) is 2.78. The molecule has 1 heterocycles. The first-order valence-corrected chi connectivity index (χ1v) is 76.1. The molecule has 114 valence electrons. The van der Waals surface area contributed by atoms with Gasteiger partial charge in [-0.15, -0.1) is 0 Å². The molecule has 0 saturated carbocycles. The standard InChI is InChI=1S/C9H20N.C4H7O3S.8K/c1-5-6-7-8-10(4)9(2)3;5-8(6)4-2-1-3-7-8;;;;;;;;/h5-8H2,1-4H3;4H,1-3H2;;;;;;;;/q2*+1;;;;;;;;. The van der Waals surface area contributed by atoms with Crippen molar-refractivity contribution in [3.05, 3.63) is 5.75 Å². The van der Waals surface area contributed by atoms with Gasteiger partial charge in [0.05, 0.1) is 6.61 Å². The van der Waals surface area contributed by atoms with Gasteiger partial charge in [0.1, 0.15) is 25.7 Å². The molecule has 1 aliphatic heterocycles. The molecule has 0 unspecified atom stereocenters. The van der Waals surface area contributed by atoms with Crippen molar-refractivity contribution < 1.29 is 17.2 Å². The van der Waals surface area contributed by atoms with Crippen LogP contribution in [0.1, 0.15) is 52.9 Å². The van der Waals surface area contributed by atoms with E-state index >= 15 is 0 Å². The molecule has 1 rings (SSSR count). The van der Waals surface area contributed by atoms with Crippen LogP contribution in [0.5, 0.6) is 0 Å². The molecule has 0 aromatic rings. The van der Waals surface area contributed by atoms with E-state index in [1.165, 1.54) is 290 Å². The van der Waals surface area contributed by atoms with E-state index in [1.54, 1.807) is 0 Å². The molecule has 1 fully saturated rings. The van der Waals surface area contributed by atoms with Gasteiger partial charge in [-0.2, -0.15) is 8.42 Å². The topological polar surface area (TPSA) is 46.4 Å². The monoisotopic (exact) mass is 589 g/mol. The van der Waals surface area contributed by atoms with E-state index in [9.17, 15) is 8.42 Å². The summed E-state index contributed by atoms with van der Waals surface area (Å²) < 4.78 is 27.4. The maximum absolute atomic E-state index is 10.4. The number of rotatable bonds is 4. The van der Waals surface area contributed by atoms with Gasteiger partial charge in [0.2, 0.25) is 5.75 Å². The van der Waals surface area contributed by atoms with E-state index in [-0.39, 0.29) is 0 Å². The van der Waals surface area contributed by atoms with Crippen LogP contribution in [0, 0.1) is 5.75 Å². The van der Waals surface area contributed by atoms with Gasteiger partial charge in [0.15, 0.2) is 0 Å². The van der Waals surface area contributed by atoms with Crippen LogP contribution in [0.4, 0.5) is 0 Å². The molecule has 0 atom stereocenters. The fourth-order valence-corrected chi connectivity index (χ4v) is 2.26. The first-order valence-electron chi connectivity index (χ1n) is 10.6. The van der Waals surface area contributed by atoms with Gasteiger partial charge in [0.25, 0.3) is 0 Å². The van der Waals surface area contributed by atoms with Gasteiger partial charge in [-0.3, -0.25) is 0 Å². The quantitative estimate of drug-likeness (QED) is 0.111. The minimum atomic E-state index is -3.21. The van der Waals surface area contributed by atoms with Crippen molar-refractivity contribution in [2.75, 3.05) is 20.2 Å². The number of hydrogen-bond donors (Lipinski definition) is 0. The molecule has 0 aromatic carbocycles. The molecule has 4 nitrogen and oxygen atoms in total. The summed E-state index contributed by atoms with van der Waals surface area (Å²) in [6, 6.07) is 0. The second-order valence-electron chi connectivity index (χ2n) is 4.70. The van der Waals surface area contributed by atoms with Gasteiger partial charge in [-0.25, -0.2) is 8.76 Å². The molecule has 0 radical (unpaired) electrons. The van der Waals surface area contributed by atoms with Gasteiger partial charge in [0, 0.05) is 26.7 Å². The number of nitrogens with zero attached hydrogens (tertiary/aromatic N) is 1. The molecular weight excluding hydrogens is 563 g/mol. The van der Waals surface area contributed by atoms with E-state index in [4.69, 9.17) is 0 Å². The predicted molar refractivity (Wildman–Crippen MR) is 121 cm³/mol. The number of hydrogen-bond acceptors (Lipinski definition) is 3. The Bertz CT molecular complexity index is 354. The molecule has 26 heavy (non-hydrogen) atoms. The van der Waals surface area contributed by atoms with Gasteiger partial charge in [-0.1, -0.05) is 13.3 Å². The number of unbranched alkanes of at least 4 members (excludes halogenated alkanes) is 2. The van der Waals surface area contributed by atoms with E-state index in [1.807, 2.05) is 0 Å². The fraction of sp³-hybridized carbons (Fsp3) is 0.846. The SMILES string of the molecule is CCCCC[N+](C)=C(C)C.O=S1(=O)[CH+]CCCO1.[K][K].[K][K].[K][K].[K][K]. The second kappa shape index (κ2) is 44.6. The molecule has 1 saturated heterocycles. The van der Waals surface area contributed by atoms with Crippen molar-refractivity contribution in [1.82, 2.24) is 0 Å². The molecule has 0 N–H and O–H groups in total. The summed E-state index contributed by atoms with van der Waals surface area (Å²) in [5, 5.41) is 0. The Morgan fingerprint density at radius 1 is 1.00 bits per heavy atom. The van der Waals surface area contributed by atoms with Crippen LogP contribution in [0.25, 0.3) is 0 Å². The molecule has 0 spiro atoms. The molecule has 0 aliphatic carbocycles. The average Bonchev–Trinajstić information content (AvgIpc) is 2.68. The van der Waals surface area contributed by atoms with Gasteiger partial charge < -0.3 is 0 Å². The molecule has 0 aromatic heterocycles. The van der Waals surface area contributed by atoms with Crippen molar-refractivity contribution in [3.8, 4) is 0 Å². The van der Waals surface area contributed by atoms with Gasteiger partial charge >= 0.3 is 263 Å². The summed E-state index contributed by atoms with van der Waals surface area (Å²) in [6.07, 6.45) is 5.45. The van der Waals surface area contributed by atoms with Crippen LogP contribution in [-0.2, 0) is 14.3 Å². The van der Waals surface area contributed by atoms with Crippen LogP contribution in [-0.4, -0.2) is 292 Å². The third-order valence-corrected chi connectivity index (χ3v) is 3.92. The van der Waals surface area contributed by atoms with E-state index in [0.717, 1.165) is 6.42 Å². The van der Waals surface area contributed by atoms with Crippen molar-refractivity contribution in [3.63, 3.8) is 0 Å². The normalized spacial score (nSPS) is 13.1. The van der Waals surface area contributed by atoms with E-state index < -0.39 is 10.1 Å². The summed E-state index contributed by atoms with van der Waals surface area (Å²) in [6.45, 7) is 8.12. The van der Waals surface area contributed by atoms with Crippen molar-refractivity contribution in [1.29, 1.82) is 0 Å². The summed E-state index contributed by atoms with van der Waals surface area (Å²) >= 11 is 10.0. The molecule has 0 amide bonds. The Labute approximate surface area is 345 Å². The Morgan fingerprint density at radius 3 is 1.69 bits per heavy atom. The molecule has 13 heteroatoms. The van der Waals surface area contributed by atoms with Crippen molar-refractivity contribution >= 4 is 268 Å². The van der Waals surface area contributed by atoms with Gasteiger partial charge in [-0.05, 0) is 6.42 Å². The Morgan fingerprint density at radius 2 is 1.46 bits per heavy atom. The summed E-state index contributed by atoms with van der Waals surface area (Å²) in [5.74, 6) is 1.20. The molecule has 0 bridgehead atoms. The maximum atomic E-state index is 10.4. The summed E-state index contributed by atoms with van der Waals surface area (Å²) in [5.41, 5.74) is 1.41. The van der Waals surface area contributed by atoms with E-state index in [0.29, 0.717) is 13.0 Å². The van der Waals surface area contributed by atoms with Crippen LogP contribution in [0.15, 0.2) is 0 Å². The Hall–Kier alpha value is 12.5. The summed E-state index contributed by atoms with van der Waals surface area (Å²) in [7, 11) is -1.05. The molecular formula is C13H27K8NO3S+2. The van der Waals surface area contributed by atoms with Crippen LogP contribution >= 0.6 is 0 Å². The zero-order valence-corrected chi connectivity index (χ0v) is 45.9. The Kier molecular flexibility index (Phi) is 82.7. The zero-order chi connectivity index (χ0) is 22.0. The summed E-state index contributed by atoms with van der Waals surface area (Å²) in [4.78, 5) is 0. The zero-order valence-electron chi connectivity index (χ0n) is 20.1. The van der Waals surface area contributed by atoms with Crippen molar-refractivity contribution in [2.24, 2.45) is 0 Å². The van der Waals surface area contributed by atoms with Crippen molar-refractivity contribution in [2.45, 2.75) is 52.9 Å². The first-order chi connectivity index (χ1) is 12.4. The third kappa shape index (κ3) is 46.4. The van der Waals surface area contributed by atoms with Crippen LogP contribution in [0.2, 0.25) is 0 Å². The van der Waals surface area contributed by atoms with Crippen LogP contribution < -0.4 is 0 Å². The second-order valence-corrected chi connectivity index (χ2v) is 6.25. The first kappa shape index (κ1) is 48.3. The fourth-order valence-electron chi connectivity index (χ4n) is 1.36. The predicted octanol–water partition coefficient (Wildman–Crippen LogP) is -0.458. The Balaban J connectivity index is -0.0000000822. The minimum absolute atomic E-state index is 0.346. The van der Waals surface area contributed by atoms with E-state index in [2.05, 4.69) is 36.6 Å².